The summed E-state index contributed by atoms with van der Waals surface area (Å²) in [5, 5.41) is 11.2. The minimum Gasteiger partial charge on any atom is -0.350 e. The van der Waals surface area contributed by atoms with Crippen LogP contribution in [0.5, 0.6) is 0 Å². The first-order chi connectivity index (χ1) is 10.7. The Hall–Kier alpha value is -2.47. The molecular formula is C16H16N4OS. The molecule has 0 unspecified atom stereocenters. The van der Waals surface area contributed by atoms with E-state index >= 15 is 0 Å². The van der Waals surface area contributed by atoms with Gasteiger partial charge in [-0.25, -0.2) is 0 Å². The summed E-state index contributed by atoms with van der Waals surface area (Å²) in [5.74, 6) is -0.0430. The van der Waals surface area contributed by atoms with Crippen LogP contribution in [-0.4, -0.2) is 27.2 Å². The van der Waals surface area contributed by atoms with Gasteiger partial charge in [0, 0.05) is 41.1 Å². The molecule has 1 N–H and O–H groups in total. The fraction of sp³-hybridized carbons (Fsp3) is 0.188. The quantitative estimate of drug-likeness (QED) is 0.788. The Kier molecular flexibility index (Phi) is 4.29. The lowest BCUT2D eigenvalue weighted by molar-refractivity contribution is 0.0952. The molecule has 1 amide bonds. The van der Waals surface area contributed by atoms with Crippen molar-refractivity contribution in [1.29, 1.82) is 0 Å². The Labute approximate surface area is 132 Å². The highest BCUT2D eigenvalue weighted by Gasteiger charge is 2.08. The largest absolute Gasteiger partial charge is 0.350 e. The van der Waals surface area contributed by atoms with Gasteiger partial charge in [-0.2, -0.15) is 16.4 Å². The van der Waals surface area contributed by atoms with E-state index in [2.05, 4.69) is 15.4 Å². The molecule has 112 valence electrons. The number of aryl methyl sites for hydroxylation is 1. The number of nitrogens with one attached hydrogen (secondary N) is 1. The van der Waals surface area contributed by atoms with Crippen molar-refractivity contribution in [3.05, 3.63) is 58.7 Å². The summed E-state index contributed by atoms with van der Waals surface area (Å²) in [6.45, 7) is 3.19. The molecule has 0 aliphatic rings. The standard InChI is InChI=1S/C16H16N4OS/c1-12-9-15(13-3-2-5-17-10-13)19-20(12)7-6-18-16(21)14-4-8-22-11-14/h2-5,8-11H,6-7H2,1H3,(H,18,21). The Bertz CT molecular complexity index is 750. The van der Waals surface area contributed by atoms with Crippen LogP contribution in [0.2, 0.25) is 0 Å². The van der Waals surface area contributed by atoms with Gasteiger partial charge in [-0.05, 0) is 36.6 Å². The van der Waals surface area contributed by atoms with Crippen LogP contribution in [0.4, 0.5) is 0 Å². The van der Waals surface area contributed by atoms with Crippen molar-refractivity contribution in [3.8, 4) is 11.3 Å². The first kappa shape index (κ1) is 14.5. The van der Waals surface area contributed by atoms with Gasteiger partial charge in [0.05, 0.1) is 12.2 Å². The zero-order valence-corrected chi connectivity index (χ0v) is 13.0. The monoisotopic (exact) mass is 312 g/mol. The molecule has 0 fully saturated rings. The lowest BCUT2D eigenvalue weighted by Gasteiger charge is -2.06. The van der Waals surface area contributed by atoms with E-state index in [1.807, 2.05) is 46.6 Å². The maximum atomic E-state index is 11.9. The summed E-state index contributed by atoms with van der Waals surface area (Å²) in [6, 6.07) is 7.72. The molecule has 6 heteroatoms. The molecule has 0 atom stereocenters. The van der Waals surface area contributed by atoms with E-state index in [4.69, 9.17) is 0 Å². The van der Waals surface area contributed by atoms with Gasteiger partial charge in [0.2, 0.25) is 0 Å². The van der Waals surface area contributed by atoms with Crippen LogP contribution >= 0.6 is 11.3 Å². The molecule has 3 aromatic rings. The highest BCUT2D eigenvalue weighted by molar-refractivity contribution is 7.08. The van der Waals surface area contributed by atoms with Crippen LogP contribution in [0.1, 0.15) is 16.1 Å². The predicted molar refractivity (Wildman–Crippen MR) is 86.8 cm³/mol. The molecule has 3 heterocycles. The number of hydrogen-bond donors (Lipinski definition) is 1. The van der Waals surface area contributed by atoms with Crippen molar-refractivity contribution in [3.63, 3.8) is 0 Å². The molecule has 0 bridgehead atoms. The Morgan fingerprint density at radius 1 is 1.41 bits per heavy atom. The first-order valence-electron chi connectivity index (χ1n) is 6.99. The molecule has 0 saturated heterocycles. The molecule has 0 radical (unpaired) electrons. The lowest BCUT2D eigenvalue weighted by Crippen LogP contribution is -2.27. The molecule has 0 aliphatic carbocycles. The third-order valence-electron chi connectivity index (χ3n) is 3.33. The van der Waals surface area contributed by atoms with E-state index in [9.17, 15) is 4.79 Å². The summed E-state index contributed by atoms with van der Waals surface area (Å²) in [4.78, 5) is 16.0. The summed E-state index contributed by atoms with van der Waals surface area (Å²) in [6.07, 6.45) is 3.54. The van der Waals surface area contributed by atoms with Crippen molar-refractivity contribution in [2.45, 2.75) is 13.5 Å². The van der Waals surface area contributed by atoms with E-state index in [-0.39, 0.29) is 5.91 Å². The van der Waals surface area contributed by atoms with Crippen molar-refractivity contribution in [1.82, 2.24) is 20.1 Å². The maximum absolute atomic E-state index is 11.9. The fourth-order valence-corrected chi connectivity index (χ4v) is 2.80. The van der Waals surface area contributed by atoms with E-state index in [0.717, 1.165) is 17.0 Å². The predicted octanol–water partition coefficient (Wildman–Crippen LogP) is 2.75. The molecule has 0 spiro atoms. The third-order valence-corrected chi connectivity index (χ3v) is 4.01. The Balaban J connectivity index is 1.61. The summed E-state index contributed by atoms with van der Waals surface area (Å²) in [5.41, 5.74) is 3.66. The SMILES string of the molecule is Cc1cc(-c2cccnc2)nn1CCNC(=O)c1ccsc1. The fourth-order valence-electron chi connectivity index (χ4n) is 2.16. The van der Waals surface area contributed by atoms with Crippen LogP contribution in [0.25, 0.3) is 11.3 Å². The van der Waals surface area contributed by atoms with E-state index in [0.29, 0.717) is 18.7 Å². The second kappa shape index (κ2) is 6.53. The van der Waals surface area contributed by atoms with Gasteiger partial charge in [0.1, 0.15) is 0 Å². The number of thiophene rings is 1. The van der Waals surface area contributed by atoms with Gasteiger partial charge in [-0.1, -0.05) is 0 Å². The first-order valence-corrected chi connectivity index (χ1v) is 7.93. The van der Waals surface area contributed by atoms with Gasteiger partial charge >= 0.3 is 0 Å². The topological polar surface area (TPSA) is 59.8 Å². The van der Waals surface area contributed by atoms with Crippen molar-refractivity contribution >= 4 is 17.2 Å². The number of carbonyl (C=O) groups excluding carboxylic acids is 1. The van der Waals surface area contributed by atoms with Crippen molar-refractivity contribution in [2.24, 2.45) is 0 Å². The van der Waals surface area contributed by atoms with Crippen molar-refractivity contribution in [2.75, 3.05) is 6.54 Å². The second-order valence-corrected chi connectivity index (χ2v) is 5.68. The van der Waals surface area contributed by atoms with Crippen LogP contribution in [0.15, 0.2) is 47.4 Å². The number of amides is 1. The smallest absolute Gasteiger partial charge is 0.252 e. The van der Waals surface area contributed by atoms with Crippen molar-refractivity contribution < 1.29 is 4.79 Å². The molecule has 0 aromatic carbocycles. The Morgan fingerprint density at radius 2 is 2.32 bits per heavy atom. The third kappa shape index (κ3) is 3.23. The number of nitrogens with zero attached hydrogens (tertiary/aromatic N) is 3. The van der Waals surface area contributed by atoms with Crippen LogP contribution < -0.4 is 5.32 Å². The number of carbonyl (C=O) groups is 1. The minimum absolute atomic E-state index is 0.0430. The molecule has 3 aromatic heterocycles. The van der Waals surface area contributed by atoms with E-state index in [1.165, 1.54) is 11.3 Å². The molecule has 0 aliphatic heterocycles. The zero-order chi connectivity index (χ0) is 15.4. The summed E-state index contributed by atoms with van der Waals surface area (Å²) in [7, 11) is 0. The van der Waals surface area contributed by atoms with E-state index < -0.39 is 0 Å². The van der Waals surface area contributed by atoms with Gasteiger partial charge in [-0.15, -0.1) is 0 Å². The number of aromatic nitrogens is 3. The normalized spacial score (nSPS) is 10.6. The second-order valence-electron chi connectivity index (χ2n) is 4.90. The number of hydrogen-bond acceptors (Lipinski definition) is 4. The van der Waals surface area contributed by atoms with Gasteiger partial charge < -0.3 is 5.32 Å². The minimum atomic E-state index is -0.0430. The maximum Gasteiger partial charge on any atom is 0.252 e. The lowest BCUT2D eigenvalue weighted by atomic mass is 10.2. The van der Waals surface area contributed by atoms with Gasteiger partial charge in [0.15, 0.2) is 0 Å². The van der Waals surface area contributed by atoms with Gasteiger partial charge in [0.25, 0.3) is 5.91 Å². The summed E-state index contributed by atoms with van der Waals surface area (Å²) < 4.78 is 1.90. The van der Waals surface area contributed by atoms with Crippen LogP contribution in [-0.2, 0) is 6.54 Å². The average Bonchev–Trinajstić information content (AvgIpc) is 3.18. The molecule has 5 nitrogen and oxygen atoms in total. The van der Waals surface area contributed by atoms with Gasteiger partial charge in [-0.3, -0.25) is 14.5 Å². The molecule has 3 rings (SSSR count). The highest BCUT2D eigenvalue weighted by Crippen LogP contribution is 2.17. The van der Waals surface area contributed by atoms with Crippen LogP contribution in [0.3, 0.4) is 0 Å². The Morgan fingerprint density at radius 3 is 3.05 bits per heavy atom. The number of rotatable bonds is 5. The van der Waals surface area contributed by atoms with E-state index in [1.54, 1.807) is 12.4 Å². The highest BCUT2D eigenvalue weighted by atomic mass is 32.1. The zero-order valence-electron chi connectivity index (χ0n) is 12.2. The average molecular weight is 312 g/mol. The molecular weight excluding hydrogens is 296 g/mol. The molecule has 22 heavy (non-hydrogen) atoms. The summed E-state index contributed by atoms with van der Waals surface area (Å²) >= 11 is 1.52. The van der Waals surface area contributed by atoms with Crippen LogP contribution in [0, 0.1) is 6.92 Å². The number of pyridine rings is 1. The molecule has 0 saturated carbocycles.